The van der Waals surface area contributed by atoms with E-state index in [-0.39, 0.29) is 6.61 Å². The molecule has 5 N–H and O–H groups in total. The van der Waals surface area contributed by atoms with Gasteiger partial charge in [-0.1, -0.05) is 0 Å². The molecule has 13 heavy (non-hydrogen) atoms. The average molecular weight is 193 g/mol. The first-order valence-corrected chi connectivity index (χ1v) is 4.02. The minimum atomic E-state index is -1.08. The van der Waals surface area contributed by atoms with E-state index in [1.807, 2.05) is 0 Å². The van der Waals surface area contributed by atoms with E-state index in [1.165, 1.54) is 7.11 Å². The zero-order valence-corrected chi connectivity index (χ0v) is 7.33. The van der Waals surface area contributed by atoms with Gasteiger partial charge in [-0.15, -0.1) is 0 Å². The van der Waals surface area contributed by atoms with Crippen molar-refractivity contribution in [1.82, 2.24) is 0 Å². The number of hydrogen-bond donors (Lipinski definition) is 4. The lowest BCUT2D eigenvalue weighted by Crippen LogP contribution is -2.62. The number of aliphatic hydroxyl groups is 3. The zero-order valence-electron chi connectivity index (χ0n) is 7.33. The third-order valence-electron chi connectivity index (χ3n) is 2.17. The molecule has 1 unspecified atom stereocenters. The Bertz CT molecular complexity index is 147. The molecule has 1 saturated heterocycles. The molecule has 0 saturated carbocycles. The maximum absolute atomic E-state index is 9.40. The fourth-order valence-corrected chi connectivity index (χ4v) is 1.31. The summed E-state index contributed by atoms with van der Waals surface area (Å²) in [5, 5.41) is 27.6. The van der Waals surface area contributed by atoms with Crippen molar-refractivity contribution in [3.63, 3.8) is 0 Å². The van der Waals surface area contributed by atoms with Crippen molar-refractivity contribution in [2.45, 2.75) is 30.6 Å². The highest BCUT2D eigenvalue weighted by molar-refractivity contribution is 4.91. The molecular weight excluding hydrogens is 178 g/mol. The standard InChI is InChI=1S/C7H15NO5/c1-12-7-6(11)4(8)5(10)3(2-9)13-7/h3-7,9-11H,2,8H2,1H3/t3-,4-,5-,6-,7?/m1/s1. The van der Waals surface area contributed by atoms with Gasteiger partial charge in [-0.05, 0) is 0 Å². The average Bonchev–Trinajstić information content (AvgIpc) is 2.15. The van der Waals surface area contributed by atoms with Crippen molar-refractivity contribution in [1.29, 1.82) is 0 Å². The van der Waals surface area contributed by atoms with Crippen molar-refractivity contribution < 1.29 is 24.8 Å². The second-order valence-corrected chi connectivity index (χ2v) is 3.02. The van der Waals surface area contributed by atoms with E-state index >= 15 is 0 Å². The summed E-state index contributed by atoms with van der Waals surface area (Å²) in [6.45, 7) is -0.360. The number of aliphatic hydroxyl groups excluding tert-OH is 3. The summed E-state index contributed by atoms with van der Waals surface area (Å²) in [6.07, 6.45) is -3.85. The highest BCUT2D eigenvalue weighted by Gasteiger charge is 2.42. The third-order valence-corrected chi connectivity index (χ3v) is 2.17. The lowest BCUT2D eigenvalue weighted by Gasteiger charge is -2.39. The van der Waals surface area contributed by atoms with E-state index in [2.05, 4.69) is 0 Å². The molecule has 0 radical (unpaired) electrons. The first kappa shape index (κ1) is 10.8. The molecule has 1 aliphatic heterocycles. The number of ether oxygens (including phenoxy) is 2. The highest BCUT2D eigenvalue weighted by atomic mass is 16.7. The Labute approximate surface area is 75.9 Å². The minimum absolute atomic E-state index is 0.360. The van der Waals surface area contributed by atoms with Crippen LogP contribution in [0.4, 0.5) is 0 Å². The first-order valence-electron chi connectivity index (χ1n) is 4.02. The van der Waals surface area contributed by atoms with Gasteiger partial charge in [0.1, 0.15) is 18.3 Å². The second-order valence-electron chi connectivity index (χ2n) is 3.02. The van der Waals surface area contributed by atoms with Crippen LogP contribution in [0.25, 0.3) is 0 Å². The fraction of sp³-hybridized carbons (Fsp3) is 1.00. The molecular formula is C7H15NO5. The first-order chi connectivity index (χ1) is 6.11. The monoisotopic (exact) mass is 193 g/mol. The largest absolute Gasteiger partial charge is 0.394 e. The maximum Gasteiger partial charge on any atom is 0.185 e. The summed E-state index contributed by atoms with van der Waals surface area (Å²) in [5.74, 6) is 0. The molecule has 0 spiro atoms. The van der Waals surface area contributed by atoms with Crippen molar-refractivity contribution in [2.75, 3.05) is 13.7 Å². The van der Waals surface area contributed by atoms with Gasteiger partial charge in [-0.2, -0.15) is 0 Å². The van der Waals surface area contributed by atoms with Crippen molar-refractivity contribution in [3.8, 4) is 0 Å². The predicted octanol–water partition coefficient (Wildman–Crippen LogP) is -2.60. The molecule has 6 heteroatoms. The molecule has 1 rings (SSSR count). The molecule has 0 amide bonds. The van der Waals surface area contributed by atoms with Crippen LogP contribution >= 0.6 is 0 Å². The van der Waals surface area contributed by atoms with E-state index in [4.69, 9.17) is 20.3 Å². The zero-order chi connectivity index (χ0) is 10.0. The van der Waals surface area contributed by atoms with Gasteiger partial charge in [0.2, 0.25) is 0 Å². The van der Waals surface area contributed by atoms with E-state index in [9.17, 15) is 10.2 Å². The number of hydrogen-bond acceptors (Lipinski definition) is 6. The van der Waals surface area contributed by atoms with Gasteiger partial charge >= 0.3 is 0 Å². The molecule has 0 aromatic carbocycles. The van der Waals surface area contributed by atoms with Gasteiger partial charge in [0, 0.05) is 7.11 Å². The SMILES string of the molecule is COC1O[C@H](CO)[C@@H](O)[C@@H](N)[C@H]1O. The predicted molar refractivity (Wildman–Crippen MR) is 42.7 cm³/mol. The lowest BCUT2D eigenvalue weighted by molar-refractivity contribution is -0.267. The smallest absolute Gasteiger partial charge is 0.185 e. The summed E-state index contributed by atoms with van der Waals surface area (Å²) in [4.78, 5) is 0. The van der Waals surface area contributed by atoms with E-state index in [0.29, 0.717) is 0 Å². The Balaban J connectivity index is 2.66. The molecule has 0 bridgehead atoms. The molecule has 1 heterocycles. The van der Waals surface area contributed by atoms with Crippen molar-refractivity contribution in [2.24, 2.45) is 5.73 Å². The molecule has 1 fully saturated rings. The van der Waals surface area contributed by atoms with Crippen LogP contribution in [-0.4, -0.2) is 59.7 Å². The summed E-state index contributed by atoms with van der Waals surface area (Å²) < 4.78 is 9.81. The van der Waals surface area contributed by atoms with Crippen LogP contribution in [-0.2, 0) is 9.47 Å². The maximum atomic E-state index is 9.40. The molecule has 0 aromatic heterocycles. The second kappa shape index (κ2) is 4.32. The topological polar surface area (TPSA) is 105 Å². The van der Waals surface area contributed by atoms with Crippen LogP contribution < -0.4 is 5.73 Å². The minimum Gasteiger partial charge on any atom is -0.394 e. The van der Waals surface area contributed by atoms with Gasteiger partial charge in [0.25, 0.3) is 0 Å². The van der Waals surface area contributed by atoms with Crippen LogP contribution in [0.1, 0.15) is 0 Å². The fourth-order valence-electron chi connectivity index (χ4n) is 1.31. The van der Waals surface area contributed by atoms with Crippen LogP contribution in [0.5, 0.6) is 0 Å². The van der Waals surface area contributed by atoms with E-state index in [1.54, 1.807) is 0 Å². The van der Waals surface area contributed by atoms with Crippen molar-refractivity contribution >= 4 is 0 Å². The number of nitrogens with two attached hydrogens (primary N) is 1. The molecule has 78 valence electrons. The quantitative estimate of drug-likeness (QED) is 0.383. The normalized spacial score (nSPS) is 46.4. The van der Waals surface area contributed by atoms with Gasteiger partial charge in [-0.25, -0.2) is 0 Å². The Morgan fingerprint density at radius 3 is 2.46 bits per heavy atom. The Hall–Kier alpha value is -0.240. The van der Waals surface area contributed by atoms with Gasteiger partial charge in [-0.3, -0.25) is 0 Å². The van der Waals surface area contributed by atoms with E-state index in [0.717, 1.165) is 0 Å². The third kappa shape index (κ3) is 1.98. The van der Waals surface area contributed by atoms with Crippen LogP contribution in [0, 0.1) is 0 Å². The van der Waals surface area contributed by atoms with Gasteiger partial charge in [0.05, 0.1) is 12.6 Å². The summed E-state index contributed by atoms with van der Waals surface area (Å²) >= 11 is 0. The molecule has 0 aliphatic carbocycles. The Morgan fingerprint density at radius 2 is 2.00 bits per heavy atom. The summed E-state index contributed by atoms with van der Waals surface area (Å²) in [6, 6.07) is -0.865. The molecule has 5 atom stereocenters. The lowest BCUT2D eigenvalue weighted by atomic mass is 9.97. The Morgan fingerprint density at radius 1 is 1.38 bits per heavy atom. The summed E-state index contributed by atoms with van der Waals surface area (Å²) in [7, 11) is 1.35. The number of rotatable bonds is 2. The van der Waals surface area contributed by atoms with Crippen LogP contribution in [0.15, 0.2) is 0 Å². The molecule has 1 aliphatic rings. The van der Waals surface area contributed by atoms with E-state index < -0.39 is 30.6 Å². The summed E-state index contributed by atoms with van der Waals surface area (Å²) in [5.41, 5.74) is 5.48. The van der Waals surface area contributed by atoms with Gasteiger partial charge < -0.3 is 30.5 Å². The van der Waals surface area contributed by atoms with Crippen molar-refractivity contribution in [3.05, 3.63) is 0 Å². The Kier molecular flexibility index (Phi) is 3.60. The van der Waals surface area contributed by atoms with Crippen LogP contribution in [0.3, 0.4) is 0 Å². The molecule has 0 aromatic rings. The van der Waals surface area contributed by atoms with Gasteiger partial charge in [0.15, 0.2) is 6.29 Å². The van der Waals surface area contributed by atoms with Crippen LogP contribution in [0.2, 0.25) is 0 Å². The number of methoxy groups -OCH3 is 1. The highest BCUT2D eigenvalue weighted by Crippen LogP contribution is 2.19. The molecule has 6 nitrogen and oxygen atoms in total.